The molecule has 3 atom stereocenters. The standard InChI is InChI=1S/3C6H15NO2S.C6H15NOS.C6H14O2S.C5H14N2OS.3C5H13NO2S.C5H13NOS.C5H12O2S.2C4H10O2S/c1-6(2)5-7(3)10(4,8)9;1-6(2)4-5-7-10(3,8)9;1-5(2)6(3)7-10(4,8)9;1-6(2)5-9(4,8)7-3;1-6(2)4-5-9(3,7)8;1-5(2)4-7-9(3,6)8;2*1-5(2)4-6-9(3,7)8;1-5(2)4-9(7,8)6-3;1-5(2)6-8(3,4)7;1-5(2)4-8(3,6)7;2*1-4(2)7(3,5)6/h6H,5H2,1-4H3;6-7H,4-5H2,1-3H3;5-7H,1-4H3;6H,5H2,1-4H3;6H,4-5H2,1-3H3;5H,4H2,1-3H3,(H2,6,7,8);3*5-6H,4H2,1-3H3;5H,1-4H3;5H,4H2,1-3H3;2*4H,1-3H3. The van der Waals surface area contributed by atoms with E-state index in [-0.39, 0.29) is 40.2 Å². The zero-order valence-electron chi connectivity index (χ0n) is 78.4. The van der Waals surface area contributed by atoms with E-state index in [2.05, 4.69) is 50.9 Å². The van der Waals surface area contributed by atoms with Crippen molar-refractivity contribution in [1.82, 2.24) is 32.6 Å². The van der Waals surface area contributed by atoms with Crippen LogP contribution in [-0.4, -0.2) is 282 Å². The molecule has 0 spiro atoms. The lowest BCUT2D eigenvalue weighted by Gasteiger charge is -2.15. The summed E-state index contributed by atoms with van der Waals surface area (Å²) in [7, 11) is -30.3. The van der Waals surface area contributed by atoms with E-state index >= 15 is 0 Å². The summed E-state index contributed by atoms with van der Waals surface area (Å²) in [5, 5.41) is -0.458. The fraction of sp³-hybridized carbons (Fsp3) is 1.00. The van der Waals surface area contributed by atoms with Gasteiger partial charge in [-0.25, -0.2) is 135 Å². The third-order valence-electron chi connectivity index (χ3n) is 11.7. The summed E-state index contributed by atoms with van der Waals surface area (Å²) < 4.78 is 273. The molecular weight excluding hydrogens is 1740 g/mol. The van der Waals surface area contributed by atoms with E-state index in [1.807, 2.05) is 145 Å². The van der Waals surface area contributed by atoms with E-state index in [9.17, 15) is 96.8 Å². The highest BCUT2D eigenvalue weighted by atomic mass is 32.2. The van der Waals surface area contributed by atoms with Gasteiger partial charge in [-0.3, -0.25) is 8.42 Å². The Hall–Kier alpha value is -0.930. The third kappa shape index (κ3) is 177. The molecule has 0 amide bonds. The molecule has 0 saturated heterocycles. The Labute approximate surface area is 705 Å². The molecule has 0 heterocycles. The van der Waals surface area contributed by atoms with Crippen molar-refractivity contribution >= 4 is 129 Å². The van der Waals surface area contributed by atoms with Crippen molar-refractivity contribution in [3.63, 3.8) is 0 Å². The van der Waals surface area contributed by atoms with Crippen LogP contribution < -0.4 is 28.3 Å². The predicted molar refractivity (Wildman–Crippen MR) is 493 cm³/mol. The SMILES string of the molecule is CC(C)C(C)NS(C)(=O)=O.CC(C)CCNS(C)(=O)=O.CC(C)CCS(C)(=O)=O.CC(C)CN(C)S(C)(=O)=O.CC(C)CNS(C)(=N)=O.CC(C)CNS(C)(=O)=O.CC(C)CNS(C)(=O)=O.CC(C)CS(C)(=O)=O.CC(C)N=S(C)(C)=O.CC(C)S(C)(=O)=O.CC(C)S(C)(=O)=O.CN=S(C)(=O)CC(C)C.CNS(=O)(=O)CC(C)C. The van der Waals surface area contributed by atoms with Crippen LogP contribution in [0.5, 0.6) is 0 Å². The van der Waals surface area contributed by atoms with Crippen LogP contribution in [0.25, 0.3) is 0 Å². The molecular formula is C68H172N10O23S13. The van der Waals surface area contributed by atoms with Gasteiger partial charge >= 0.3 is 0 Å². The molecule has 3 unspecified atom stereocenters. The molecule has 0 aliphatic carbocycles. The number of hydrogen-bond acceptors (Lipinski definition) is 26. The summed E-state index contributed by atoms with van der Waals surface area (Å²) in [4.78, 5) is 0. The summed E-state index contributed by atoms with van der Waals surface area (Å²) in [6.07, 6.45) is 18.9. The third-order valence-corrected chi connectivity index (χ3v) is 27.0. The maximum atomic E-state index is 11.2. The molecule has 33 nitrogen and oxygen atoms in total. The summed E-state index contributed by atoms with van der Waals surface area (Å²) in [5.41, 5.74) is 0. The van der Waals surface area contributed by atoms with Crippen LogP contribution in [-0.2, 0) is 129 Å². The van der Waals surface area contributed by atoms with Crippen LogP contribution in [0.3, 0.4) is 0 Å². The van der Waals surface area contributed by atoms with Gasteiger partial charge in [0.05, 0.1) is 65.1 Å². The minimum Gasteiger partial charge on any atom is -0.250 e. The predicted octanol–water partition coefficient (Wildman–Crippen LogP) is 8.23. The van der Waals surface area contributed by atoms with E-state index < -0.39 is 129 Å². The van der Waals surface area contributed by atoms with Gasteiger partial charge in [0.2, 0.25) is 60.1 Å². The highest BCUT2D eigenvalue weighted by molar-refractivity contribution is 7.93. The average Bonchev–Trinajstić information content (AvgIpc) is 0.914. The van der Waals surface area contributed by atoms with E-state index in [0.717, 1.165) is 25.4 Å². The van der Waals surface area contributed by atoms with Gasteiger partial charge in [0, 0.05) is 128 Å². The van der Waals surface area contributed by atoms with E-state index in [1.165, 1.54) is 61.4 Å². The first kappa shape index (κ1) is 142. The summed E-state index contributed by atoms with van der Waals surface area (Å²) in [5.74, 6) is 5.45. The van der Waals surface area contributed by atoms with Crippen molar-refractivity contribution in [3.8, 4) is 0 Å². The van der Waals surface area contributed by atoms with Gasteiger partial charge in [0.1, 0.15) is 49.3 Å². The highest BCUT2D eigenvalue weighted by Gasteiger charge is 2.14. The summed E-state index contributed by atoms with van der Waals surface area (Å²) in [6, 6.07) is 0.215. The largest absolute Gasteiger partial charge is 0.250 e. The van der Waals surface area contributed by atoms with E-state index in [0.29, 0.717) is 97.3 Å². The van der Waals surface area contributed by atoms with Crippen LogP contribution in [0.2, 0.25) is 0 Å². The average molecular weight is 1920 g/mol. The molecule has 114 heavy (non-hydrogen) atoms. The van der Waals surface area contributed by atoms with E-state index in [1.54, 1.807) is 60.6 Å². The molecule has 0 aliphatic rings. The molecule has 0 aromatic heterocycles. The highest BCUT2D eigenvalue weighted by Crippen LogP contribution is 2.05. The molecule has 0 aliphatic heterocycles. The van der Waals surface area contributed by atoms with Gasteiger partial charge in [0.15, 0.2) is 0 Å². The molecule has 710 valence electrons. The van der Waals surface area contributed by atoms with Gasteiger partial charge in [-0.05, 0) is 128 Å². The van der Waals surface area contributed by atoms with Crippen LogP contribution in [0.1, 0.15) is 200 Å². The number of nitrogens with zero attached hydrogens (tertiary/aromatic N) is 3. The fourth-order valence-corrected chi connectivity index (χ4v) is 14.9. The second-order valence-electron chi connectivity index (χ2n) is 32.8. The zero-order valence-corrected chi connectivity index (χ0v) is 89.0. The Balaban J connectivity index is -0.0000000882. The van der Waals surface area contributed by atoms with Gasteiger partial charge in [-0.15, -0.1) is 0 Å². The minimum atomic E-state index is -3.02. The second-order valence-corrected chi connectivity index (χ2v) is 61.0. The van der Waals surface area contributed by atoms with Crippen molar-refractivity contribution in [3.05, 3.63) is 0 Å². The molecule has 0 radical (unpaired) electrons. The molecule has 0 bridgehead atoms. The van der Waals surface area contributed by atoms with Gasteiger partial charge in [-0.2, -0.15) is 0 Å². The Morgan fingerprint density at radius 1 is 0.360 bits per heavy atom. The van der Waals surface area contributed by atoms with Crippen LogP contribution >= 0.6 is 0 Å². The van der Waals surface area contributed by atoms with Crippen LogP contribution in [0.4, 0.5) is 0 Å². The smallest absolute Gasteiger partial charge is 0.211 e. The van der Waals surface area contributed by atoms with Crippen molar-refractivity contribution in [2.24, 2.45) is 67.9 Å². The first-order valence-corrected chi connectivity index (χ1v) is 62.5. The van der Waals surface area contributed by atoms with Crippen molar-refractivity contribution < 1.29 is 96.8 Å². The van der Waals surface area contributed by atoms with Crippen molar-refractivity contribution in [2.75, 3.05) is 158 Å². The van der Waals surface area contributed by atoms with Crippen LogP contribution in [0, 0.1) is 64.0 Å². The zero-order chi connectivity index (χ0) is 95.6. The first-order valence-electron chi connectivity index (χ1n) is 37.0. The topological polar surface area (TPSA) is 517 Å². The maximum Gasteiger partial charge on any atom is 0.211 e. The Morgan fingerprint density at radius 2 is 0.658 bits per heavy atom. The number of hydrogen-bond donors (Lipinski definition) is 7. The minimum absolute atomic E-state index is 0.0231. The van der Waals surface area contributed by atoms with E-state index in [4.69, 9.17) is 4.78 Å². The molecule has 0 aromatic rings. The normalized spacial score (nSPS) is 13.6. The summed E-state index contributed by atoms with van der Waals surface area (Å²) >= 11 is 0. The monoisotopic (exact) mass is 1910 g/mol. The number of sulfonamides is 6. The fourth-order valence-electron chi connectivity index (χ4n) is 5.40. The van der Waals surface area contributed by atoms with Gasteiger partial charge in [0.25, 0.3) is 0 Å². The lowest BCUT2D eigenvalue weighted by molar-refractivity contribution is 0.420. The van der Waals surface area contributed by atoms with Gasteiger partial charge < -0.3 is 0 Å². The first-order chi connectivity index (χ1) is 49.4. The number of sulfone groups is 4. The molecule has 0 rings (SSSR count). The Kier molecular flexibility index (Phi) is 86.4. The summed E-state index contributed by atoms with van der Waals surface area (Å²) in [6.45, 7) is 54.8. The van der Waals surface area contributed by atoms with Crippen LogP contribution in [0.15, 0.2) is 8.73 Å². The molecule has 7 N–H and O–H groups in total. The van der Waals surface area contributed by atoms with Crippen molar-refractivity contribution in [1.29, 1.82) is 4.78 Å². The number of nitrogens with one attached hydrogen (secondary N) is 7. The Morgan fingerprint density at radius 3 is 0.746 bits per heavy atom. The number of rotatable bonds is 32. The molecule has 0 fully saturated rings. The lowest BCUT2D eigenvalue weighted by atomic mass is 10.1. The quantitative estimate of drug-likeness (QED) is 0.0333. The van der Waals surface area contributed by atoms with Crippen molar-refractivity contribution in [2.45, 2.75) is 222 Å². The molecule has 0 saturated carbocycles. The second kappa shape index (κ2) is 69.5. The molecule has 0 aromatic carbocycles. The molecule has 46 heteroatoms. The lowest BCUT2D eigenvalue weighted by Crippen LogP contribution is -2.35. The Bertz CT molecular complexity index is 3820. The maximum absolute atomic E-state index is 11.2. The van der Waals surface area contributed by atoms with Gasteiger partial charge in [-0.1, -0.05) is 138 Å².